The lowest BCUT2D eigenvalue weighted by molar-refractivity contribution is -0.117. The van der Waals surface area contributed by atoms with E-state index in [-0.39, 0.29) is 16.5 Å². The number of carbonyl (C=O) groups excluding carboxylic acids is 2. The highest BCUT2D eigenvalue weighted by Gasteiger charge is 2.19. The third kappa shape index (κ3) is 6.12. The summed E-state index contributed by atoms with van der Waals surface area (Å²) >= 11 is 14.0. The Morgan fingerprint density at radius 2 is 1.86 bits per heavy atom. The fourth-order valence-corrected chi connectivity index (χ4v) is 4.40. The van der Waals surface area contributed by atoms with Crippen molar-refractivity contribution in [3.05, 3.63) is 63.6 Å². The molecule has 2 aromatic rings. The molecule has 0 saturated carbocycles. The third-order valence-electron chi connectivity index (χ3n) is 4.64. The van der Waals surface area contributed by atoms with Gasteiger partial charge in [0.1, 0.15) is 6.04 Å². The van der Waals surface area contributed by atoms with Crippen molar-refractivity contribution in [1.29, 1.82) is 0 Å². The van der Waals surface area contributed by atoms with Crippen molar-refractivity contribution in [1.82, 2.24) is 10.2 Å². The summed E-state index contributed by atoms with van der Waals surface area (Å²) in [5.41, 5.74) is 2.10. The van der Waals surface area contributed by atoms with Crippen LogP contribution in [-0.4, -0.2) is 47.4 Å². The largest absolute Gasteiger partial charge is 0.340 e. The van der Waals surface area contributed by atoms with Crippen molar-refractivity contribution in [2.45, 2.75) is 19.5 Å². The number of rotatable bonds is 6. The van der Waals surface area contributed by atoms with Crippen LogP contribution in [0.1, 0.15) is 22.8 Å². The first-order valence-electron chi connectivity index (χ1n) is 9.39. The van der Waals surface area contributed by atoms with Crippen molar-refractivity contribution in [2.75, 3.05) is 29.9 Å². The monoisotopic (exact) mass is 451 g/mol. The molecule has 1 fully saturated rings. The van der Waals surface area contributed by atoms with Gasteiger partial charge < -0.3 is 10.6 Å². The first kappa shape index (κ1) is 22.0. The summed E-state index contributed by atoms with van der Waals surface area (Å²) < 4.78 is 0. The minimum absolute atomic E-state index is 0.170. The first-order chi connectivity index (χ1) is 13.9. The van der Waals surface area contributed by atoms with Gasteiger partial charge in [-0.3, -0.25) is 14.5 Å². The molecule has 0 aromatic heterocycles. The summed E-state index contributed by atoms with van der Waals surface area (Å²) in [5, 5.41) is 5.99. The minimum atomic E-state index is -0.736. The maximum Gasteiger partial charge on any atom is 0.253 e. The smallest absolute Gasteiger partial charge is 0.253 e. The number of nitrogens with zero attached hydrogens (tertiary/aromatic N) is 1. The van der Waals surface area contributed by atoms with Crippen LogP contribution in [0.2, 0.25) is 10.0 Å². The van der Waals surface area contributed by atoms with Gasteiger partial charge in [0.25, 0.3) is 5.91 Å². The topological polar surface area (TPSA) is 61.4 Å². The Kier molecular flexibility index (Phi) is 7.84. The van der Waals surface area contributed by atoms with Gasteiger partial charge in [0, 0.05) is 36.8 Å². The van der Waals surface area contributed by atoms with E-state index >= 15 is 0 Å². The number of amides is 2. The zero-order chi connectivity index (χ0) is 20.8. The summed E-state index contributed by atoms with van der Waals surface area (Å²) in [6.07, 6.45) is 0. The molecule has 2 amide bonds. The fraction of sp³-hybridized carbons (Fsp3) is 0.333. The maximum absolute atomic E-state index is 12.5. The van der Waals surface area contributed by atoms with E-state index in [9.17, 15) is 9.59 Å². The van der Waals surface area contributed by atoms with Crippen LogP contribution in [0.3, 0.4) is 0 Å². The molecule has 0 bridgehead atoms. The van der Waals surface area contributed by atoms with E-state index in [1.807, 2.05) is 30.0 Å². The molecule has 2 N–H and O–H groups in total. The van der Waals surface area contributed by atoms with Gasteiger partial charge in [-0.1, -0.05) is 41.4 Å². The molecular formula is C21H23Cl2N3O2S. The summed E-state index contributed by atoms with van der Waals surface area (Å²) in [7, 11) is 0. The Labute approximate surface area is 185 Å². The van der Waals surface area contributed by atoms with Gasteiger partial charge in [-0.05, 0) is 36.8 Å². The molecule has 0 radical (unpaired) electrons. The van der Waals surface area contributed by atoms with Crippen LogP contribution < -0.4 is 10.6 Å². The molecule has 154 valence electrons. The lowest BCUT2D eigenvalue weighted by Gasteiger charge is -2.26. The second kappa shape index (κ2) is 10.3. The molecule has 29 heavy (non-hydrogen) atoms. The van der Waals surface area contributed by atoms with Gasteiger partial charge in [-0.2, -0.15) is 11.8 Å². The van der Waals surface area contributed by atoms with Gasteiger partial charge >= 0.3 is 0 Å². The van der Waals surface area contributed by atoms with E-state index in [0.717, 1.165) is 36.7 Å². The molecule has 1 heterocycles. The van der Waals surface area contributed by atoms with Crippen LogP contribution in [0.15, 0.2) is 42.5 Å². The summed E-state index contributed by atoms with van der Waals surface area (Å²) in [6.45, 7) is 4.65. The average molecular weight is 452 g/mol. The average Bonchev–Trinajstić information content (AvgIpc) is 2.71. The predicted octanol–water partition coefficient (Wildman–Crippen LogP) is 4.30. The maximum atomic E-state index is 12.5. The van der Waals surface area contributed by atoms with Gasteiger partial charge in [-0.15, -0.1) is 0 Å². The second-order valence-electron chi connectivity index (χ2n) is 6.87. The van der Waals surface area contributed by atoms with E-state index in [2.05, 4.69) is 21.6 Å². The summed E-state index contributed by atoms with van der Waals surface area (Å²) in [4.78, 5) is 27.4. The van der Waals surface area contributed by atoms with Crippen LogP contribution >= 0.6 is 35.0 Å². The van der Waals surface area contributed by atoms with Gasteiger partial charge in [0.05, 0.1) is 15.6 Å². The standard InChI is InChI=1S/C21H23Cl2N3O2S/c1-14(24-21(28)17-6-3-7-18(22)19(17)23)20(27)25-16-5-2-4-15(12-16)13-26-8-10-29-11-9-26/h2-7,12,14H,8-11,13H2,1H3,(H,24,28)(H,25,27). The van der Waals surface area contributed by atoms with Crippen molar-refractivity contribution in [3.8, 4) is 0 Å². The van der Waals surface area contributed by atoms with Gasteiger partial charge in [-0.25, -0.2) is 0 Å². The molecule has 3 rings (SSSR count). The van der Waals surface area contributed by atoms with E-state index in [1.165, 1.54) is 0 Å². The number of hydrogen-bond donors (Lipinski definition) is 2. The summed E-state index contributed by atoms with van der Waals surface area (Å²) in [5.74, 6) is 1.56. The van der Waals surface area contributed by atoms with Crippen molar-refractivity contribution in [2.24, 2.45) is 0 Å². The number of halogens is 2. The predicted molar refractivity (Wildman–Crippen MR) is 121 cm³/mol. The molecular weight excluding hydrogens is 429 g/mol. The molecule has 1 saturated heterocycles. The van der Waals surface area contributed by atoms with Crippen molar-refractivity contribution < 1.29 is 9.59 Å². The molecule has 2 aromatic carbocycles. The lowest BCUT2D eigenvalue weighted by Crippen LogP contribution is -2.41. The highest BCUT2D eigenvalue weighted by atomic mass is 35.5. The third-order valence-corrected chi connectivity index (χ3v) is 6.40. The lowest BCUT2D eigenvalue weighted by atomic mass is 10.1. The number of hydrogen-bond acceptors (Lipinski definition) is 4. The Balaban J connectivity index is 1.58. The van der Waals surface area contributed by atoms with Crippen LogP contribution in [0.5, 0.6) is 0 Å². The number of carbonyl (C=O) groups is 2. The zero-order valence-corrected chi connectivity index (χ0v) is 18.4. The molecule has 1 atom stereocenters. The van der Waals surface area contributed by atoms with Gasteiger partial charge in [0.15, 0.2) is 0 Å². The van der Waals surface area contributed by atoms with E-state index < -0.39 is 11.9 Å². The van der Waals surface area contributed by atoms with Crippen LogP contribution in [0.25, 0.3) is 0 Å². The molecule has 0 spiro atoms. The molecule has 0 aliphatic carbocycles. The normalized spacial score (nSPS) is 15.6. The minimum Gasteiger partial charge on any atom is -0.340 e. The van der Waals surface area contributed by atoms with E-state index in [1.54, 1.807) is 25.1 Å². The van der Waals surface area contributed by atoms with Crippen molar-refractivity contribution >= 4 is 52.5 Å². The number of nitrogens with one attached hydrogen (secondary N) is 2. The molecule has 8 heteroatoms. The SMILES string of the molecule is CC(NC(=O)c1cccc(Cl)c1Cl)C(=O)Nc1cccc(CN2CCSCC2)c1. The fourth-order valence-electron chi connectivity index (χ4n) is 3.03. The van der Waals surface area contributed by atoms with Crippen LogP contribution in [0, 0.1) is 0 Å². The molecule has 5 nitrogen and oxygen atoms in total. The Morgan fingerprint density at radius 3 is 2.62 bits per heavy atom. The number of thioether (sulfide) groups is 1. The highest BCUT2D eigenvalue weighted by Crippen LogP contribution is 2.25. The summed E-state index contributed by atoms with van der Waals surface area (Å²) in [6, 6.07) is 11.9. The Hall–Kier alpha value is -1.73. The molecule has 1 aliphatic heterocycles. The second-order valence-corrected chi connectivity index (χ2v) is 8.88. The van der Waals surface area contributed by atoms with Crippen LogP contribution in [-0.2, 0) is 11.3 Å². The zero-order valence-electron chi connectivity index (χ0n) is 16.1. The Morgan fingerprint density at radius 1 is 1.14 bits per heavy atom. The van der Waals surface area contributed by atoms with E-state index in [0.29, 0.717) is 10.7 Å². The number of anilines is 1. The quantitative estimate of drug-likeness (QED) is 0.686. The van der Waals surface area contributed by atoms with Crippen LogP contribution in [0.4, 0.5) is 5.69 Å². The number of benzene rings is 2. The van der Waals surface area contributed by atoms with E-state index in [4.69, 9.17) is 23.2 Å². The van der Waals surface area contributed by atoms with Crippen molar-refractivity contribution in [3.63, 3.8) is 0 Å². The molecule has 1 unspecified atom stereocenters. The Bertz CT molecular complexity index is 888. The molecule has 1 aliphatic rings. The highest BCUT2D eigenvalue weighted by molar-refractivity contribution is 7.99. The first-order valence-corrected chi connectivity index (χ1v) is 11.3. The van der Waals surface area contributed by atoms with Gasteiger partial charge in [0.2, 0.25) is 5.91 Å².